The Bertz CT molecular complexity index is 742. The van der Waals surface area contributed by atoms with Crippen LogP contribution >= 0.6 is 0 Å². The Hall–Kier alpha value is -1.54. The van der Waals surface area contributed by atoms with Crippen LogP contribution in [0.25, 0.3) is 10.9 Å². The lowest BCUT2D eigenvalue weighted by Gasteiger charge is -2.24. The van der Waals surface area contributed by atoms with Crippen LogP contribution < -0.4 is 5.32 Å². The molecule has 0 saturated carbocycles. The van der Waals surface area contributed by atoms with E-state index in [9.17, 15) is 0 Å². The molecule has 1 aromatic heterocycles. The zero-order valence-electron chi connectivity index (χ0n) is 19.4. The molecule has 3 rings (SSSR count). The van der Waals surface area contributed by atoms with Gasteiger partial charge in [-0.3, -0.25) is 0 Å². The van der Waals surface area contributed by atoms with Gasteiger partial charge in [0.15, 0.2) is 0 Å². The first-order valence-electron chi connectivity index (χ1n) is 12.9. The van der Waals surface area contributed by atoms with Gasteiger partial charge in [-0.05, 0) is 56.7 Å². The van der Waals surface area contributed by atoms with Crippen molar-refractivity contribution in [2.45, 2.75) is 109 Å². The molecule has 2 heteroatoms. The van der Waals surface area contributed by atoms with Crippen LogP contribution in [0, 0.1) is 0 Å². The largest absolute Gasteiger partial charge is 0.357 e. The standard InChI is InChI=1S/C28H44N2/c1-2-3-4-5-6-7-8-9-10-11-12-13-14-15-16-21-27-28-25(22-23-29-27)24-19-17-18-20-26(24)30-28/h9-10,17-20,27,29-30H,2-8,11-16,21-23H2,1H3/b10-9-/t27-/m1/s1. The minimum absolute atomic E-state index is 0.519. The van der Waals surface area contributed by atoms with Gasteiger partial charge in [-0.2, -0.15) is 0 Å². The van der Waals surface area contributed by atoms with E-state index < -0.39 is 0 Å². The summed E-state index contributed by atoms with van der Waals surface area (Å²) < 4.78 is 0. The first kappa shape index (κ1) is 23.1. The maximum atomic E-state index is 3.75. The number of H-pyrrole nitrogens is 1. The molecular weight excluding hydrogens is 364 g/mol. The summed E-state index contributed by atoms with van der Waals surface area (Å²) in [5, 5.41) is 5.18. The molecule has 0 aliphatic carbocycles. The van der Waals surface area contributed by atoms with Crippen LogP contribution in [0.4, 0.5) is 0 Å². The lowest BCUT2D eigenvalue weighted by atomic mass is 9.95. The van der Waals surface area contributed by atoms with Gasteiger partial charge in [-0.1, -0.05) is 95.1 Å². The third kappa shape index (κ3) is 7.30. The number of unbranched alkanes of at least 4 members (excludes halogenated alkanes) is 11. The molecule has 0 spiro atoms. The summed E-state index contributed by atoms with van der Waals surface area (Å²) in [4.78, 5) is 3.70. The maximum absolute atomic E-state index is 3.75. The number of hydrogen-bond acceptors (Lipinski definition) is 1. The number of nitrogens with one attached hydrogen (secondary N) is 2. The molecule has 30 heavy (non-hydrogen) atoms. The fraction of sp³-hybridized carbons (Fsp3) is 0.643. The molecule has 0 saturated heterocycles. The average molecular weight is 409 g/mol. The van der Waals surface area contributed by atoms with Crippen molar-refractivity contribution >= 4 is 10.9 Å². The van der Waals surface area contributed by atoms with E-state index in [0.29, 0.717) is 6.04 Å². The van der Waals surface area contributed by atoms with E-state index in [1.807, 2.05) is 0 Å². The summed E-state index contributed by atoms with van der Waals surface area (Å²) in [5.74, 6) is 0. The molecule has 2 nitrogen and oxygen atoms in total. The average Bonchev–Trinajstić information content (AvgIpc) is 3.16. The van der Waals surface area contributed by atoms with E-state index in [1.165, 1.54) is 106 Å². The Morgan fingerprint density at radius 3 is 2.27 bits per heavy atom. The van der Waals surface area contributed by atoms with Crippen molar-refractivity contribution in [3.63, 3.8) is 0 Å². The van der Waals surface area contributed by atoms with Crippen LogP contribution in [0.3, 0.4) is 0 Å². The van der Waals surface area contributed by atoms with Crippen molar-refractivity contribution < 1.29 is 0 Å². The fourth-order valence-electron chi connectivity index (χ4n) is 4.93. The van der Waals surface area contributed by atoms with Crippen molar-refractivity contribution in [1.29, 1.82) is 0 Å². The van der Waals surface area contributed by atoms with E-state index in [0.717, 1.165) is 13.0 Å². The lowest BCUT2D eigenvalue weighted by Crippen LogP contribution is -2.29. The molecule has 0 fully saturated rings. The highest BCUT2D eigenvalue weighted by molar-refractivity contribution is 5.85. The van der Waals surface area contributed by atoms with Crippen LogP contribution in [0.15, 0.2) is 36.4 Å². The second kappa shape index (κ2) is 13.7. The topological polar surface area (TPSA) is 27.8 Å². The quantitative estimate of drug-likeness (QED) is 0.225. The van der Waals surface area contributed by atoms with Crippen LogP contribution in [0.2, 0.25) is 0 Å². The van der Waals surface area contributed by atoms with Crippen LogP contribution in [-0.4, -0.2) is 11.5 Å². The number of allylic oxidation sites excluding steroid dienone is 2. The molecule has 166 valence electrons. The predicted molar refractivity (Wildman–Crippen MR) is 132 cm³/mol. The van der Waals surface area contributed by atoms with Crippen LogP contribution in [0.1, 0.15) is 114 Å². The molecule has 2 heterocycles. The number of aromatic amines is 1. The van der Waals surface area contributed by atoms with E-state index in [-0.39, 0.29) is 0 Å². The van der Waals surface area contributed by atoms with Crippen LogP contribution in [-0.2, 0) is 6.42 Å². The predicted octanol–water partition coefficient (Wildman–Crippen LogP) is 8.39. The Kier molecular flexibility index (Phi) is 10.6. The maximum Gasteiger partial charge on any atom is 0.0476 e. The molecular formula is C28H44N2. The second-order valence-corrected chi connectivity index (χ2v) is 9.19. The van der Waals surface area contributed by atoms with Crippen molar-refractivity contribution in [2.75, 3.05) is 6.54 Å². The van der Waals surface area contributed by atoms with Crippen molar-refractivity contribution in [1.82, 2.24) is 10.3 Å². The summed E-state index contributed by atoms with van der Waals surface area (Å²) in [6.07, 6.45) is 25.1. The van der Waals surface area contributed by atoms with E-state index in [4.69, 9.17) is 0 Å². The Morgan fingerprint density at radius 2 is 1.50 bits per heavy atom. The van der Waals surface area contributed by atoms with E-state index >= 15 is 0 Å². The number of rotatable bonds is 15. The first-order valence-corrected chi connectivity index (χ1v) is 12.9. The molecule has 0 unspecified atom stereocenters. The Morgan fingerprint density at radius 1 is 0.833 bits per heavy atom. The summed E-state index contributed by atoms with van der Waals surface area (Å²) in [6.45, 7) is 3.40. The third-order valence-electron chi connectivity index (χ3n) is 6.72. The summed E-state index contributed by atoms with van der Waals surface area (Å²) in [7, 11) is 0. The van der Waals surface area contributed by atoms with Crippen molar-refractivity contribution in [3.8, 4) is 0 Å². The van der Waals surface area contributed by atoms with Gasteiger partial charge in [0.25, 0.3) is 0 Å². The zero-order chi connectivity index (χ0) is 20.9. The molecule has 1 aliphatic heterocycles. The van der Waals surface area contributed by atoms with Crippen LogP contribution in [0.5, 0.6) is 0 Å². The SMILES string of the molecule is CCCCCCCC/C=C\CCCCCCC[C@H]1NCCc2c1[nH]c1ccccc21. The Balaban J connectivity index is 1.21. The van der Waals surface area contributed by atoms with Gasteiger partial charge in [0.2, 0.25) is 0 Å². The Labute approximate surface area is 184 Å². The molecule has 0 radical (unpaired) electrons. The second-order valence-electron chi connectivity index (χ2n) is 9.19. The number of fused-ring (bicyclic) bond motifs is 3. The number of para-hydroxylation sites is 1. The fourth-order valence-corrected chi connectivity index (χ4v) is 4.93. The summed E-state index contributed by atoms with van der Waals surface area (Å²) >= 11 is 0. The zero-order valence-corrected chi connectivity index (χ0v) is 19.4. The molecule has 0 bridgehead atoms. The molecule has 1 aliphatic rings. The minimum atomic E-state index is 0.519. The summed E-state index contributed by atoms with van der Waals surface area (Å²) in [6, 6.07) is 9.31. The third-order valence-corrected chi connectivity index (χ3v) is 6.72. The van der Waals surface area contributed by atoms with Gasteiger partial charge < -0.3 is 10.3 Å². The number of hydrogen-bond donors (Lipinski definition) is 2. The minimum Gasteiger partial charge on any atom is -0.357 e. The van der Waals surface area contributed by atoms with E-state index in [1.54, 1.807) is 5.56 Å². The number of benzene rings is 1. The number of aromatic nitrogens is 1. The lowest BCUT2D eigenvalue weighted by molar-refractivity contribution is 0.443. The first-order chi connectivity index (χ1) is 14.9. The molecule has 2 N–H and O–H groups in total. The molecule has 1 atom stereocenters. The van der Waals surface area contributed by atoms with Gasteiger partial charge in [0.05, 0.1) is 0 Å². The summed E-state index contributed by atoms with van der Waals surface area (Å²) in [5.41, 5.74) is 4.32. The van der Waals surface area contributed by atoms with Gasteiger partial charge >= 0.3 is 0 Å². The van der Waals surface area contributed by atoms with Gasteiger partial charge in [0.1, 0.15) is 0 Å². The highest BCUT2D eigenvalue weighted by Gasteiger charge is 2.23. The van der Waals surface area contributed by atoms with E-state index in [2.05, 4.69) is 53.6 Å². The van der Waals surface area contributed by atoms with Gasteiger partial charge in [-0.25, -0.2) is 0 Å². The smallest absolute Gasteiger partial charge is 0.0476 e. The molecule has 1 aromatic carbocycles. The monoisotopic (exact) mass is 408 g/mol. The highest BCUT2D eigenvalue weighted by Crippen LogP contribution is 2.32. The van der Waals surface area contributed by atoms with Gasteiger partial charge in [0, 0.05) is 22.6 Å². The van der Waals surface area contributed by atoms with Gasteiger partial charge in [-0.15, -0.1) is 0 Å². The molecule has 2 aromatic rings. The molecule has 0 amide bonds. The van der Waals surface area contributed by atoms with Crippen molar-refractivity contribution in [2.24, 2.45) is 0 Å². The highest BCUT2D eigenvalue weighted by atomic mass is 15.0. The van der Waals surface area contributed by atoms with Crippen molar-refractivity contribution in [3.05, 3.63) is 47.7 Å². The normalized spacial score (nSPS) is 16.5.